The summed E-state index contributed by atoms with van der Waals surface area (Å²) in [6.07, 6.45) is 0.827. The predicted octanol–water partition coefficient (Wildman–Crippen LogP) is 3.03. The van der Waals surface area contributed by atoms with E-state index in [0.29, 0.717) is 19.0 Å². The number of hydrogen-bond acceptors (Lipinski definition) is 4. The van der Waals surface area contributed by atoms with Crippen LogP contribution in [0.4, 0.5) is 0 Å². The summed E-state index contributed by atoms with van der Waals surface area (Å²) >= 11 is 0. The highest BCUT2D eigenvalue weighted by Crippen LogP contribution is 2.18. The van der Waals surface area contributed by atoms with Crippen molar-refractivity contribution < 1.29 is 14.3 Å². The molecular formula is C23H33IN4O3. The van der Waals surface area contributed by atoms with Crippen LogP contribution in [-0.4, -0.2) is 70.1 Å². The van der Waals surface area contributed by atoms with Gasteiger partial charge in [-0.05, 0) is 30.2 Å². The van der Waals surface area contributed by atoms with Crippen LogP contribution in [0.15, 0.2) is 53.5 Å². The maximum absolute atomic E-state index is 12.0. The maximum atomic E-state index is 12.0. The summed E-state index contributed by atoms with van der Waals surface area (Å²) in [5.41, 5.74) is 2.24. The summed E-state index contributed by atoms with van der Waals surface area (Å²) in [4.78, 5) is 20.1. The SMILES string of the molecule is COc1ccc(CCNC(=NCC(=O)N(C)C)N(C)Cc2ccccc2OC)cc1.I. The van der Waals surface area contributed by atoms with Gasteiger partial charge in [0.25, 0.3) is 0 Å². The number of para-hydroxylation sites is 1. The number of methoxy groups -OCH3 is 2. The van der Waals surface area contributed by atoms with E-state index in [4.69, 9.17) is 9.47 Å². The minimum Gasteiger partial charge on any atom is -0.497 e. The van der Waals surface area contributed by atoms with Crippen LogP contribution in [0.25, 0.3) is 0 Å². The number of halogens is 1. The zero-order valence-electron chi connectivity index (χ0n) is 18.9. The van der Waals surface area contributed by atoms with Crippen LogP contribution >= 0.6 is 24.0 Å². The second kappa shape index (κ2) is 13.7. The zero-order valence-corrected chi connectivity index (χ0v) is 21.3. The molecule has 0 unspecified atom stereocenters. The highest BCUT2D eigenvalue weighted by molar-refractivity contribution is 14.0. The summed E-state index contributed by atoms with van der Waals surface area (Å²) in [5.74, 6) is 2.29. The lowest BCUT2D eigenvalue weighted by Crippen LogP contribution is -2.40. The first-order valence-corrected chi connectivity index (χ1v) is 9.89. The Morgan fingerprint density at radius 3 is 2.29 bits per heavy atom. The summed E-state index contributed by atoms with van der Waals surface area (Å²) < 4.78 is 10.7. The van der Waals surface area contributed by atoms with Crippen molar-refractivity contribution in [2.75, 3.05) is 48.5 Å². The number of hydrogen-bond donors (Lipinski definition) is 1. The molecule has 0 bridgehead atoms. The van der Waals surface area contributed by atoms with Gasteiger partial charge in [-0.25, -0.2) is 4.99 Å². The molecule has 1 amide bonds. The molecule has 0 atom stereocenters. The van der Waals surface area contributed by atoms with Gasteiger partial charge < -0.3 is 24.6 Å². The van der Waals surface area contributed by atoms with Crippen molar-refractivity contribution in [1.82, 2.24) is 15.1 Å². The van der Waals surface area contributed by atoms with Crippen molar-refractivity contribution in [3.63, 3.8) is 0 Å². The van der Waals surface area contributed by atoms with Crippen LogP contribution in [0.1, 0.15) is 11.1 Å². The lowest BCUT2D eigenvalue weighted by Gasteiger charge is -2.24. The first kappa shape index (κ1) is 26.5. The molecule has 0 aliphatic heterocycles. The fourth-order valence-electron chi connectivity index (χ4n) is 2.87. The number of aliphatic imine (C=N–C) groups is 1. The quantitative estimate of drug-likeness (QED) is 0.301. The fourth-order valence-corrected chi connectivity index (χ4v) is 2.87. The Balaban J connectivity index is 0.00000480. The molecule has 170 valence electrons. The normalized spacial score (nSPS) is 10.7. The van der Waals surface area contributed by atoms with Crippen molar-refractivity contribution in [3.8, 4) is 11.5 Å². The highest BCUT2D eigenvalue weighted by Gasteiger charge is 2.12. The topological polar surface area (TPSA) is 66.4 Å². The molecule has 0 fully saturated rings. The maximum Gasteiger partial charge on any atom is 0.243 e. The average molecular weight is 540 g/mol. The molecule has 0 saturated carbocycles. The number of nitrogens with zero attached hydrogens (tertiary/aromatic N) is 3. The Hall–Kier alpha value is -2.49. The van der Waals surface area contributed by atoms with Gasteiger partial charge >= 0.3 is 0 Å². The van der Waals surface area contributed by atoms with E-state index < -0.39 is 0 Å². The zero-order chi connectivity index (χ0) is 21.9. The van der Waals surface area contributed by atoms with Crippen LogP contribution in [0.2, 0.25) is 0 Å². The summed E-state index contributed by atoms with van der Waals surface area (Å²) in [6.45, 7) is 1.39. The first-order valence-electron chi connectivity index (χ1n) is 9.89. The van der Waals surface area contributed by atoms with Crippen molar-refractivity contribution in [2.24, 2.45) is 4.99 Å². The number of likely N-dealkylation sites (N-methyl/N-ethyl adjacent to an activating group) is 1. The third-order valence-corrected chi connectivity index (χ3v) is 4.68. The number of amides is 1. The molecule has 0 aliphatic carbocycles. The number of carbonyl (C=O) groups excluding carboxylic acids is 1. The lowest BCUT2D eigenvalue weighted by molar-refractivity contribution is -0.127. The van der Waals surface area contributed by atoms with Crippen molar-refractivity contribution >= 4 is 35.8 Å². The van der Waals surface area contributed by atoms with Crippen LogP contribution in [0, 0.1) is 0 Å². The standard InChI is InChI=1S/C23H32N4O3.HI/c1-26(2)22(28)16-25-23(24-15-14-18-10-12-20(29-4)13-11-18)27(3)17-19-8-6-7-9-21(19)30-5;/h6-13H,14-17H2,1-5H3,(H,24,25);1H. The Kier molecular flexibility index (Phi) is 11.8. The molecule has 0 saturated heterocycles. The molecule has 0 spiro atoms. The van der Waals surface area contributed by atoms with Gasteiger partial charge in [-0.3, -0.25) is 4.79 Å². The van der Waals surface area contributed by atoms with Crippen LogP contribution in [0.5, 0.6) is 11.5 Å². The molecule has 0 heterocycles. The Bertz CT molecular complexity index is 841. The van der Waals surface area contributed by atoms with Crippen molar-refractivity contribution in [2.45, 2.75) is 13.0 Å². The van der Waals surface area contributed by atoms with Gasteiger partial charge in [-0.2, -0.15) is 0 Å². The van der Waals surface area contributed by atoms with E-state index in [0.717, 1.165) is 23.5 Å². The molecular weight excluding hydrogens is 507 g/mol. The summed E-state index contributed by atoms with van der Waals surface area (Å²) in [5, 5.41) is 3.38. The molecule has 8 heteroatoms. The van der Waals surface area contributed by atoms with Gasteiger partial charge in [0.2, 0.25) is 5.91 Å². The first-order chi connectivity index (χ1) is 14.4. The predicted molar refractivity (Wildman–Crippen MR) is 136 cm³/mol. The minimum atomic E-state index is -0.0462. The Morgan fingerprint density at radius 1 is 1.00 bits per heavy atom. The van der Waals surface area contributed by atoms with Gasteiger partial charge in [0, 0.05) is 39.8 Å². The average Bonchev–Trinajstić information content (AvgIpc) is 2.76. The van der Waals surface area contributed by atoms with E-state index in [-0.39, 0.29) is 36.4 Å². The summed E-state index contributed by atoms with van der Waals surface area (Å²) in [6, 6.07) is 15.9. The molecule has 0 aliphatic rings. The van der Waals surface area contributed by atoms with E-state index in [2.05, 4.69) is 10.3 Å². The second-order valence-electron chi connectivity index (χ2n) is 7.12. The number of guanidine groups is 1. The minimum absolute atomic E-state index is 0. The highest BCUT2D eigenvalue weighted by atomic mass is 127. The van der Waals surface area contributed by atoms with Crippen LogP contribution < -0.4 is 14.8 Å². The molecule has 2 rings (SSSR count). The van der Waals surface area contributed by atoms with Gasteiger partial charge in [0.1, 0.15) is 18.0 Å². The van der Waals surface area contributed by atoms with E-state index in [1.807, 2.05) is 60.5 Å². The van der Waals surface area contributed by atoms with Crippen molar-refractivity contribution in [3.05, 3.63) is 59.7 Å². The van der Waals surface area contributed by atoms with Crippen LogP contribution in [0.3, 0.4) is 0 Å². The molecule has 31 heavy (non-hydrogen) atoms. The molecule has 2 aromatic carbocycles. The van der Waals surface area contributed by atoms with Gasteiger partial charge in [-0.15, -0.1) is 24.0 Å². The molecule has 0 aromatic heterocycles. The largest absolute Gasteiger partial charge is 0.497 e. The third-order valence-electron chi connectivity index (χ3n) is 4.68. The van der Waals surface area contributed by atoms with E-state index >= 15 is 0 Å². The van der Waals surface area contributed by atoms with E-state index in [1.54, 1.807) is 33.2 Å². The molecule has 2 aromatic rings. The third kappa shape index (κ3) is 8.64. The number of carbonyl (C=O) groups is 1. The number of ether oxygens (including phenoxy) is 2. The Labute approximate surface area is 202 Å². The van der Waals surface area contributed by atoms with E-state index in [9.17, 15) is 4.79 Å². The summed E-state index contributed by atoms with van der Waals surface area (Å²) in [7, 11) is 8.73. The molecule has 0 radical (unpaired) electrons. The van der Waals surface area contributed by atoms with Gasteiger partial charge in [0.15, 0.2) is 5.96 Å². The fraction of sp³-hybridized carbons (Fsp3) is 0.391. The van der Waals surface area contributed by atoms with Gasteiger partial charge in [-0.1, -0.05) is 30.3 Å². The van der Waals surface area contributed by atoms with Crippen LogP contribution in [-0.2, 0) is 17.8 Å². The smallest absolute Gasteiger partial charge is 0.243 e. The van der Waals surface area contributed by atoms with E-state index in [1.165, 1.54) is 5.56 Å². The monoisotopic (exact) mass is 540 g/mol. The second-order valence-corrected chi connectivity index (χ2v) is 7.12. The lowest BCUT2D eigenvalue weighted by atomic mass is 10.1. The van der Waals surface area contributed by atoms with Gasteiger partial charge in [0.05, 0.1) is 14.2 Å². The number of rotatable bonds is 9. The number of benzene rings is 2. The van der Waals surface area contributed by atoms with Crippen molar-refractivity contribution in [1.29, 1.82) is 0 Å². The molecule has 7 nitrogen and oxygen atoms in total. The molecule has 1 N–H and O–H groups in total. The number of nitrogens with one attached hydrogen (secondary N) is 1. The Morgan fingerprint density at radius 2 is 1.68 bits per heavy atom.